The largest absolute Gasteiger partial charge is 0.497 e. The molecule has 1 aromatic heterocycles. The summed E-state index contributed by atoms with van der Waals surface area (Å²) >= 11 is 0. The van der Waals surface area contributed by atoms with Gasteiger partial charge in [-0.05, 0) is 53.9 Å². The lowest BCUT2D eigenvalue weighted by atomic mass is 9.97. The third kappa shape index (κ3) is 4.53. The molecular formula is C23H22N4O4. The van der Waals surface area contributed by atoms with E-state index in [2.05, 4.69) is 15.1 Å². The number of hydrogen-bond donors (Lipinski definition) is 1. The van der Waals surface area contributed by atoms with Gasteiger partial charge in [-0.2, -0.15) is 5.10 Å². The number of aliphatic carboxylic acids is 1. The van der Waals surface area contributed by atoms with E-state index in [4.69, 9.17) is 9.84 Å². The molecule has 0 aliphatic carbocycles. The van der Waals surface area contributed by atoms with Crippen molar-refractivity contribution < 1.29 is 19.4 Å². The molecule has 31 heavy (non-hydrogen) atoms. The van der Waals surface area contributed by atoms with Crippen LogP contribution in [0.4, 0.5) is 0 Å². The summed E-state index contributed by atoms with van der Waals surface area (Å²) in [6.07, 6.45) is 4.16. The van der Waals surface area contributed by atoms with Crippen molar-refractivity contribution in [2.45, 2.75) is 31.7 Å². The summed E-state index contributed by atoms with van der Waals surface area (Å²) in [5.74, 6) is -0.371. The van der Waals surface area contributed by atoms with Crippen LogP contribution in [0.15, 0.2) is 60.0 Å². The van der Waals surface area contributed by atoms with E-state index < -0.39 is 5.97 Å². The molecule has 4 rings (SSSR count). The van der Waals surface area contributed by atoms with E-state index in [1.54, 1.807) is 19.5 Å². The highest BCUT2D eigenvalue weighted by atomic mass is 16.5. The fourth-order valence-electron chi connectivity index (χ4n) is 3.65. The minimum Gasteiger partial charge on any atom is -0.497 e. The highest BCUT2D eigenvalue weighted by Gasteiger charge is 2.33. The van der Waals surface area contributed by atoms with Crippen LogP contribution in [-0.2, 0) is 9.59 Å². The van der Waals surface area contributed by atoms with E-state index in [9.17, 15) is 9.59 Å². The number of carboxylic acids is 1. The van der Waals surface area contributed by atoms with Gasteiger partial charge < -0.3 is 9.84 Å². The Morgan fingerprint density at radius 2 is 1.81 bits per heavy atom. The lowest BCUT2D eigenvalue weighted by Gasteiger charge is -2.22. The van der Waals surface area contributed by atoms with Gasteiger partial charge in [0.2, 0.25) is 5.91 Å². The first-order valence-electron chi connectivity index (χ1n) is 10.0. The Balaban J connectivity index is 1.64. The monoisotopic (exact) mass is 418 g/mol. The maximum absolute atomic E-state index is 12.9. The minimum atomic E-state index is -0.915. The van der Waals surface area contributed by atoms with Crippen molar-refractivity contribution in [3.63, 3.8) is 0 Å². The maximum Gasteiger partial charge on any atom is 0.303 e. The highest BCUT2D eigenvalue weighted by molar-refractivity contribution is 6.03. The number of fused-ring (bicyclic) bond motifs is 1. The van der Waals surface area contributed by atoms with Gasteiger partial charge >= 0.3 is 5.97 Å². The average Bonchev–Trinajstić information content (AvgIpc) is 3.24. The smallest absolute Gasteiger partial charge is 0.303 e. The van der Waals surface area contributed by atoms with Crippen molar-refractivity contribution in [2.75, 3.05) is 7.11 Å². The Bertz CT molecular complexity index is 1140. The van der Waals surface area contributed by atoms with Gasteiger partial charge in [-0.15, -0.1) is 0 Å². The Hall–Kier alpha value is -3.81. The molecule has 1 N–H and O–H groups in total. The second kappa shape index (κ2) is 8.91. The molecular weight excluding hydrogens is 396 g/mol. The third-order valence-corrected chi connectivity index (χ3v) is 5.25. The van der Waals surface area contributed by atoms with Crippen LogP contribution in [0.5, 0.6) is 5.75 Å². The number of nitrogens with zero attached hydrogens (tertiary/aromatic N) is 4. The van der Waals surface area contributed by atoms with Crippen LogP contribution in [0.1, 0.15) is 42.9 Å². The van der Waals surface area contributed by atoms with Crippen molar-refractivity contribution >= 4 is 28.6 Å². The van der Waals surface area contributed by atoms with E-state index in [0.717, 1.165) is 33.6 Å². The molecule has 1 aliphatic heterocycles. The lowest BCUT2D eigenvalue weighted by molar-refractivity contribution is -0.137. The van der Waals surface area contributed by atoms with Crippen LogP contribution < -0.4 is 4.74 Å². The van der Waals surface area contributed by atoms with E-state index in [1.807, 2.05) is 42.5 Å². The first kappa shape index (κ1) is 20.5. The Morgan fingerprint density at radius 1 is 1.06 bits per heavy atom. The number of rotatable bonds is 7. The van der Waals surface area contributed by atoms with Crippen LogP contribution >= 0.6 is 0 Å². The van der Waals surface area contributed by atoms with E-state index >= 15 is 0 Å². The van der Waals surface area contributed by atoms with E-state index in [-0.39, 0.29) is 31.2 Å². The fraction of sp³-hybridized carbons (Fsp3) is 0.261. The lowest BCUT2D eigenvalue weighted by Crippen LogP contribution is -2.27. The second-order valence-corrected chi connectivity index (χ2v) is 7.29. The zero-order valence-electron chi connectivity index (χ0n) is 17.1. The molecule has 2 heterocycles. The van der Waals surface area contributed by atoms with Crippen molar-refractivity contribution in [1.82, 2.24) is 15.0 Å². The van der Waals surface area contributed by atoms with Gasteiger partial charge in [-0.3, -0.25) is 19.6 Å². The summed E-state index contributed by atoms with van der Waals surface area (Å²) < 4.78 is 5.22. The van der Waals surface area contributed by atoms with Crippen LogP contribution in [-0.4, -0.2) is 44.8 Å². The van der Waals surface area contributed by atoms with Crippen LogP contribution in [0, 0.1) is 0 Å². The summed E-state index contributed by atoms with van der Waals surface area (Å²) in [6, 6.07) is 13.0. The molecule has 0 saturated heterocycles. The van der Waals surface area contributed by atoms with Crippen LogP contribution in [0.2, 0.25) is 0 Å². The molecule has 8 nitrogen and oxygen atoms in total. The number of hydrazone groups is 1. The Kier molecular flexibility index (Phi) is 5.88. The number of amides is 1. The predicted molar refractivity (Wildman–Crippen MR) is 115 cm³/mol. The molecule has 0 saturated carbocycles. The molecule has 0 fully saturated rings. The summed E-state index contributed by atoms with van der Waals surface area (Å²) in [4.78, 5) is 32.4. The summed E-state index contributed by atoms with van der Waals surface area (Å²) in [5, 5.41) is 15.0. The number of methoxy groups -OCH3 is 1. The number of ether oxygens (including phenoxy) is 1. The molecule has 1 atom stereocenters. The molecule has 0 radical (unpaired) electrons. The zero-order valence-corrected chi connectivity index (χ0v) is 17.1. The first-order chi connectivity index (χ1) is 15.0. The molecule has 1 amide bonds. The SMILES string of the molecule is COc1ccc(C2=NN(C(=O)CCCC(=O)O)C(c3ccc4nccnc4c3)C2)cc1. The number of carbonyl (C=O) groups is 2. The molecule has 0 spiro atoms. The second-order valence-electron chi connectivity index (χ2n) is 7.29. The normalized spacial score (nSPS) is 15.7. The van der Waals surface area contributed by atoms with Gasteiger partial charge in [-0.1, -0.05) is 6.07 Å². The number of aromatic nitrogens is 2. The minimum absolute atomic E-state index is 0.0507. The average molecular weight is 418 g/mol. The van der Waals surface area contributed by atoms with Gasteiger partial charge in [0.25, 0.3) is 0 Å². The Labute approximate surface area is 179 Å². The molecule has 1 unspecified atom stereocenters. The molecule has 158 valence electrons. The van der Waals surface area contributed by atoms with Gasteiger partial charge in [0.05, 0.1) is 29.9 Å². The van der Waals surface area contributed by atoms with Crippen molar-refractivity contribution in [3.8, 4) is 5.75 Å². The number of carbonyl (C=O) groups excluding carboxylic acids is 1. The van der Waals surface area contributed by atoms with Crippen molar-refractivity contribution in [1.29, 1.82) is 0 Å². The Morgan fingerprint density at radius 3 is 2.52 bits per heavy atom. The van der Waals surface area contributed by atoms with Gasteiger partial charge in [0.15, 0.2) is 0 Å². The van der Waals surface area contributed by atoms with E-state index in [0.29, 0.717) is 6.42 Å². The number of hydrogen-bond acceptors (Lipinski definition) is 6. The molecule has 1 aliphatic rings. The quantitative estimate of drug-likeness (QED) is 0.629. The summed E-state index contributed by atoms with van der Waals surface area (Å²) in [5.41, 5.74) is 4.13. The zero-order chi connectivity index (χ0) is 21.8. The molecule has 3 aromatic rings. The van der Waals surface area contributed by atoms with Crippen LogP contribution in [0.25, 0.3) is 11.0 Å². The van der Waals surface area contributed by atoms with Gasteiger partial charge in [0, 0.05) is 31.7 Å². The third-order valence-electron chi connectivity index (χ3n) is 5.25. The number of benzene rings is 2. The van der Waals surface area contributed by atoms with Crippen LogP contribution in [0.3, 0.4) is 0 Å². The van der Waals surface area contributed by atoms with Gasteiger partial charge in [0.1, 0.15) is 5.75 Å². The topological polar surface area (TPSA) is 105 Å². The van der Waals surface area contributed by atoms with Gasteiger partial charge in [-0.25, -0.2) is 5.01 Å². The summed E-state index contributed by atoms with van der Waals surface area (Å²) in [6.45, 7) is 0. The van der Waals surface area contributed by atoms with E-state index in [1.165, 1.54) is 5.01 Å². The number of carboxylic acid groups (broad SMARTS) is 1. The standard InChI is InChI=1S/C23H22N4O4/c1-31-17-8-5-15(6-9-17)19-14-21(27(26-19)22(28)3-2-4-23(29)30)16-7-10-18-20(13-16)25-12-11-24-18/h5-13,21H,2-4,14H2,1H3,(H,29,30). The maximum atomic E-state index is 12.9. The first-order valence-corrected chi connectivity index (χ1v) is 10.0. The predicted octanol–water partition coefficient (Wildman–Crippen LogP) is 3.57. The molecule has 0 bridgehead atoms. The molecule has 8 heteroatoms. The van der Waals surface area contributed by atoms with Crippen molar-refractivity contribution in [2.24, 2.45) is 5.10 Å². The fourth-order valence-corrected chi connectivity index (χ4v) is 3.65. The van der Waals surface area contributed by atoms with Crippen molar-refractivity contribution in [3.05, 3.63) is 66.0 Å². The highest BCUT2D eigenvalue weighted by Crippen LogP contribution is 2.34. The molecule has 2 aromatic carbocycles. The summed E-state index contributed by atoms with van der Waals surface area (Å²) in [7, 11) is 1.61.